The van der Waals surface area contributed by atoms with Crippen LogP contribution in [-0.4, -0.2) is 19.5 Å². The van der Waals surface area contributed by atoms with Crippen molar-refractivity contribution in [3.05, 3.63) is 31.3 Å². The van der Waals surface area contributed by atoms with Gasteiger partial charge in [-0.25, -0.2) is 9.97 Å². The lowest BCUT2D eigenvalue weighted by atomic mass is 10.3. The van der Waals surface area contributed by atoms with Crippen molar-refractivity contribution in [2.24, 2.45) is 0 Å². The summed E-state index contributed by atoms with van der Waals surface area (Å²) in [6.45, 7) is 3.91. The quantitative estimate of drug-likeness (QED) is 0.659. The lowest BCUT2D eigenvalue weighted by Gasteiger charge is -2.04. The average Bonchev–Trinajstić information content (AvgIpc) is 2.53. The monoisotopic (exact) mass is 426 g/mol. The van der Waals surface area contributed by atoms with Crippen LogP contribution in [-0.2, 0) is 0 Å². The molecule has 2 aromatic rings. The van der Waals surface area contributed by atoms with Crippen LogP contribution in [0.15, 0.2) is 12.5 Å². The zero-order chi connectivity index (χ0) is 11.0. The van der Waals surface area contributed by atoms with E-state index in [1.54, 1.807) is 12.5 Å². The van der Waals surface area contributed by atoms with Crippen molar-refractivity contribution >= 4 is 45.2 Å². The minimum atomic E-state index is 0.818. The zero-order valence-electron chi connectivity index (χ0n) is 8.20. The molecular formula is C9H8I2N4. The van der Waals surface area contributed by atoms with Gasteiger partial charge in [0.2, 0.25) is 0 Å². The molecular weight excluding hydrogens is 418 g/mol. The van der Waals surface area contributed by atoms with E-state index in [2.05, 4.69) is 60.1 Å². The van der Waals surface area contributed by atoms with Crippen LogP contribution in [0.5, 0.6) is 0 Å². The van der Waals surface area contributed by atoms with Crippen molar-refractivity contribution in [3.8, 4) is 5.82 Å². The van der Waals surface area contributed by atoms with E-state index in [0.29, 0.717) is 0 Å². The molecule has 0 atom stereocenters. The largest absolute Gasteiger partial charge is 0.276 e. The molecule has 0 fully saturated rings. The summed E-state index contributed by atoms with van der Waals surface area (Å²) in [5.41, 5.74) is 1.91. The highest BCUT2D eigenvalue weighted by atomic mass is 127. The molecule has 0 radical (unpaired) electrons. The number of halogens is 2. The lowest BCUT2D eigenvalue weighted by molar-refractivity contribution is 0.915. The van der Waals surface area contributed by atoms with Gasteiger partial charge < -0.3 is 0 Å². The first-order valence-electron chi connectivity index (χ1n) is 4.28. The van der Waals surface area contributed by atoms with E-state index in [1.807, 2.05) is 18.4 Å². The van der Waals surface area contributed by atoms with E-state index in [1.165, 1.54) is 0 Å². The van der Waals surface area contributed by atoms with E-state index in [4.69, 9.17) is 0 Å². The standard InChI is InChI=1S/C9H8I2N4/c1-5-6(2)14-7(3-12-5)15-4-13-8(10)9(15)11/h3-4H,1-2H3. The molecule has 0 aliphatic carbocycles. The summed E-state index contributed by atoms with van der Waals surface area (Å²) in [5, 5.41) is 0. The first-order chi connectivity index (χ1) is 7.09. The summed E-state index contributed by atoms with van der Waals surface area (Å²) in [6.07, 6.45) is 3.53. The zero-order valence-corrected chi connectivity index (χ0v) is 12.5. The summed E-state index contributed by atoms with van der Waals surface area (Å²) in [7, 11) is 0. The van der Waals surface area contributed by atoms with Crippen LogP contribution in [0.25, 0.3) is 5.82 Å². The molecule has 0 spiro atoms. The molecule has 0 amide bonds. The number of aryl methyl sites for hydroxylation is 2. The van der Waals surface area contributed by atoms with Gasteiger partial charge in [-0.3, -0.25) is 9.55 Å². The lowest BCUT2D eigenvalue weighted by Crippen LogP contribution is -2.02. The summed E-state index contributed by atoms with van der Waals surface area (Å²) in [5.74, 6) is 0.818. The van der Waals surface area contributed by atoms with Crippen LogP contribution in [0.1, 0.15) is 11.4 Å². The number of aromatic nitrogens is 4. The van der Waals surface area contributed by atoms with Gasteiger partial charge in [-0.1, -0.05) is 0 Å². The molecule has 0 aliphatic heterocycles. The Balaban J connectivity index is 2.55. The van der Waals surface area contributed by atoms with Gasteiger partial charge in [0.05, 0.1) is 17.6 Å². The highest BCUT2D eigenvalue weighted by molar-refractivity contribution is 14.1. The predicted octanol–water partition coefficient (Wildman–Crippen LogP) is 2.49. The third-order valence-corrected chi connectivity index (χ3v) is 4.95. The minimum absolute atomic E-state index is 0.818. The number of hydrogen-bond donors (Lipinski definition) is 0. The van der Waals surface area contributed by atoms with Crippen LogP contribution in [0, 0.1) is 21.2 Å². The molecule has 6 heteroatoms. The fourth-order valence-electron chi connectivity index (χ4n) is 1.12. The third kappa shape index (κ3) is 2.14. The van der Waals surface area contributed by atoms with Gasteiger partial charge in [0.15, 0.2) is 5.82 Å². The van der Waals surface area contributed by atoms with Crippen LogP contribution in [0.3, 0.4) is 0 Å². The van der Waals surface area contributed by atoms with Gasteiger partial charge in [-0.05, 0) is 59.0 Å². The first-order valence-corrected chi connectivity index (χ1v) is 6.44. The molecule has 0 N–H and O–H groups in total. The Morgan fingerprint density at radius 1 is 1.13 bits per heavy atom. The Kier molecular flexibility index (Phi) is 3.24. The highest BCUT2D eigenvalue weighted by Gasteiger charge is 2.08. The molecule has 0 unspecified atom stereocenters. The van der Waals surface area contributed by atoms with Gasteiger partial charge in [-0.15, -0.1) is 0 Å². The Labute approximate surface area is 115 Å². The molecule has 0 aliphatic rings. The van der Waals surface area contributed by atoms with Crippen molar-refractivity contribution in [3.63, 3.8) is 0 Å². The Hall–Kier alpha value is -0.250. The van der Waals surface area contributed by atoms with E-state index in [0.717, 1.165) is 24.6 Å². The SMILES string of the molecule is Cc1ncc(-n2cnc(I)c2I)nc1C. The second-order valence-corrected chi connectivity index (χ2v) is 5.14. The maximum atomic E-state index is 4.47. The van der Waals surface area contributed by atoms with Crippen LogP contribution >= 0.6 is 45.2 Å². The van der Waals surface area contributed by atoms with Crippen LogP contribution in [0.2, 0.25) is 0 Å². The number of imidazole rings is 1. The second-order valence-electron chi connectivity index (χ2n) is 3.10. The van der Waals surface area contributed by atoms with E-state index < -0.39 is 0 Å². The summed E-state index contributed by atoms with van der Waals surface area (Å²) in [6, 6.07) is 0. The number of nitrogens with zero attached hydrogens (tertiary/aromatic N) is 4. The van der Waals surface area contributed by atoms with Gasteiger partial charge in [-0.2, -0.15) is 0 Å². The van der Waals surface area contributed by atoms with Crippen LogP contribution < -0.4 is 0 Å². The maximum Gasteiger partial charge on any atom is 0.157 e. The fourth-order valence-corrected chi connectivity index (χ4v) is 2.01. The maximum absolute atomic E-state index is 4.47. The van der Waals surface area contributed by atoms with Gasteiger partial charge in [0.25, 0.3) is 0 Å². The number of rotatable bonds is 1. The summed E-state index contributed by atoms with van der Waals surface area (Å²) < 4.78 is 3.97. The first kappa shape index (κ1) is 11.2. The molecule has 2 rings (SSSR count). The molecule has 0 saturated heterocycles. The topological polar surface area (TPSA) is 43.6 Å². The molecule has 15 heavy (non-hydrogen) atoms. The number of hydrogen-bond acceptors (Lipinski definition) is 3. The molecule has 2 aromatic heterocycles. The van der Waals surface area contributed by atoms with Crippen molar-refractivity contribution in [2.45, 2.75) is 13.8 Å². The highest BCUT2D eigenvalue weighted by Crippen LogP contribution is 2.17. The molecule has 0 saturated carbocycles. The Morgan fingerprint density at radius 2 is 1.87 bits per heavy atom. The summed E-state index contributed by atoms with van der Waals surface area (Å²) >= 11 is 4.45. The van der Waals surface area contributed by atoms with E-state index >= 15 is 0 Å². The second kappa shape index (κ2) is 4.32. The van der Waals surface area contributed by atoms with Crippen molar-refractivity contribution in [1.82, 2.24) is 19.5 Å². The molecule has 78 valence electrons. The van der Waals surface area contributed by atoms with Crippen molar-refractivity contribution < 1.29 is 0 Å². The van der Waals surface area contributed by atoms with Crippen molar-refractivity contribution in [2.75, 3.05) is 0 Å². The van der Waals surface area contributed by atoms with E-state index in [-0.39, 0.29) is 0 Å². The third-order valence-electron chi connectivity index (χ3n) is 2.09. The Morgan fingerprint density at radius 3 is 2.40 bits per heavy atom. The van der Waals surface area contributed by atoms with Crippen molar-refractivity contribution in [1.29, 1.82) is 0 Å². The van der Waals surface area contributed by atoms with Gasteiger partial charge in [0.1, 0.15) is 13.7 Å². The molecule has 2 heterocycles. The molecule has 0 aromatic carbocycles. The predicted molar refractivity (Wildman–Crippen MR) is 74.1 cm³/mol. The molecule has 0 bridgehead atoms. The van der Waals surface area contributed by atoms with E-state index in [9.17, 15) is 0 Å². The smallest absolute Gasteiger partial charge is 0.157 e. The normalized spacial score (nSPS) is 10.7. The minimum Gasteiger partial charge on any atom is -0.276 e. The summed E-state index contributed by atoms with van der Waals surface area (Å²) in [4.78, 5) is 13.0. The van der Waals surface area contributed by atoms with Gasteiger partial charge >= 0.3 is 0 Å². The molecule has 4 nitrogen and oxygen atoms in total. The van der Waals surface area contributed by atoms with Gasteiger partial charge in [0, 0.05) is 0 Å². The fraction of sp³-hybridized carbons (Fsp3) is 0.222. The van der Waals surface area contributed by atoms with Crippen LogP contribution in [0.4, 0.5) is 0 Å². The Bertz CT molecular complexity index is 507. The average molecular weight is 426 g/mol.